The van der Waals surface area contributed by atoms with Gasteiger partial charge in [-0.05, 0) is 26.0 Å². The maximum atomic E-state index is 7.21. The van der Waals surface area contributed by atoms with Crippen molar-refractivity contribution in [2.24, 2.45) is 0 Å². The van der Waals surface area contributed by atoms with Crippen molar-refractivity contribution in [3.8, 4) is 0 Å². The lowest BCUT2D eigenvalue weighted by atomic mass is 10.3. The van der Waals surface area contributed by atoms with Crippen LogP contribution in [0.15, 0.2) is 24.5 Å². The molecule has 0 aromatic rings. The van der Waals surface area contributed by atoms with Gasteiger partial charge in [0.05, 0.1) is 18.6 Å². The van der Waals surface area contributed by atoms with Crippen LogP contribution in [0.3, 0.4) is 0 Å². The second-order valence-corrected chi connectivity index (χ2v) is 1.71. The zero-order chi connectivity index (χ0) is 7.82. The average molecular weight is 139 g/mol. The van der Waals surface area contributed by atoms with E-state index in [2.05, 4.69) is 0 Å². The lowest BCUT2D eigenvalue weighted by Gasteiger charge is -1.90. The van der Waals surface area contributed by atoms with E-state index in [0.717, 1.165) is 0 Å². The summed E-state index contributed by atoms with van der Waals surface area (Å²) in [5, 5.41) is 7.21. The Morgan fingerprint density at radius 3 is 2.70 bits per heavy atom. The first-order chi connectivity index (χ1) is 4.81. The van der Waals surface area contributed by atoms with Gasteiger partial charge in [-0.25, -0.2) is 0 Å². The van der Waals surface area contributed by atoms with Crippen LogP contribution in [-0.4, -0.2) is 12.3 Å². The van der Waals surface area contributed by atoms with Crippen LogP contribution >= 0.6 is 0 Å². The number of ether oxygens (including phenoxy) is 1. The maximum Gasteiger partial charge on any atom is 0.0849 e. The van der Waals surface area contributed by atoms with Gasteiger partial charge in [-0.3, -0.25) is 0 Å². The molecule has 0 unspecified atom stereocenters. The Bertz CT molecular complexity index is 147. The van der Waals surface area contributed by atoms with Gasteiger partial charge in [-0.15, -0.1) is 0 Å². The highest BCUT2D eigenvalue weighted by atomic mass is 16.5. The molecule has 0 heterocycles. The Morgan fingerprint density at radius 2 is 2.20 bits per heavy atom. The predicted octanol–water partition coefficient (Wildman–Crippen LogP) is 2.13. The smallest absolute Gasteiger partial charge is 0.0849 e. The van der Waals surface area contributed by atoms with E-state index in [4.69, 9.17) is 10.1 Å². The van der Waals surface area contributed by atoms with Crippen LogP contribution in [0.5, 0.6) is 0 Å². The molecule has 1 N–H and O–H groups in total. The van der Waals surface area contributed by atoms with Gasteiger partial charge in [0, 0.05) is 0 Å². The van der Waals surface area contributed by atoms with Crippen LogP contribution < -0.4 is 0 Å². The third-order valence-electron chi connectivity index (χ3n) is 0.857. The molecule has 0 atom stereocenters. The van der Waals surface area contributed by atoms with E-state index in [9.17, 15) is 0 Å². The molecule has 0 saturated carbocycles. The minimum Gasteiger partial charge on any atom is -0.501 e. The molecule has 56 valence electrons. The molecule has 0 rings (SSSR count). The second kappa shape index (κ2) is 6.08. The summed E-state index contributed by atoms with van der Waals surface area (Å²) in [7, 11) is 0. The molecule has 0 saturated heterocycles. The van der Waals surface area contributed by atoms with Gasteiger partial charge < -0.3 is 10.1 Å². The molecule has 0 aliphatic rings. The molecule has 0 fully saturated rings. The number of nitrogens with one attached hydrogen (secondary N) is 1. The van der Waals surface area contributed by atoms with Crippen molar-refractivity contribution in [2.75, 3.05) is 6.61 Å². The summed E-state index contributed by atoms with van der Waals surface area (Å²) in [5.41, 5.74) is 0.455. The van der Waals surface area contributed by atoms with Crippen LogP contribution in [0, 0.1) is 5.41 Å². The summed E-state index contributed by atoms with van der Waals surface area (Å²) >= 11 is 0. The lowest BCUT2D eigenvalue weighted by molar-refractivity contribution is 0.269. The molecule has 0 amide bonds. The summed E-state index contributed by atoms with van der Waals surface area (Å²) in [6, 6.07) is 0. The van der Waals surface area contributed by atoms with Crippen LogP contribution in [0.1, 0.15) is 13.8 Å². The summed E-state index contributed by atoms with van der Waals surface area (Å²) in [6.45, 7) is 4.44. The first-order valence-electron chi connectivity index (χ1n) is 3.30. The van der Waals surface area contributed by atoms with E-state index >= 15 is 0 Å². The fraction of sp³-hybridized carbons (Fsp3) is 0.375. The van der Waals surface area contributed by atoms with Gasteiger partial charge in [0.25, 0.3) is 0 Å². The number of allylic oxidation sites excluding steroid dienone is 3. The average Bonchev–Trinajstić information content (AvgIpc) is 1.89. The van der Waals surface area contributed by atoms with E-state index in [1.54, 1.807) is 12.2 Å². The third kappa shape index (κ3) is 5.09. The Balaban J connectivity index is 3.56. The molecule has 0 radical (unpaired) electrons. The standard InChI is InChI=1S/C8H13NO/c1-3-5-8(9)6-7-10-4-2/h3,5-7,9H,4H2,1-2H3/b5-3-,7-6+,9-8?. The molecule has 0 aromatic carbocycles. The number of hydrogen-bond acceptors (Lipinski definition) is 2. The summed E-state index contributed by atoms with van der Waals surface area (Å²) in [6.07, 6.45) is 6.67. The Kier molecular flexibility index (Phi) is 5.44. The van der Waals surface area contributed by atoms with E-state index < -0.39 is 0 Å². The van der Waals surface area contributed by atoms with Crippen LogP contribution in [-0.2, 0) is 4.74 Å². The van der Waals surface area contributed by atoms with E-state index in [0.29, 0.717) is 12.3 Å². The largest absolute Gasteiger partial charge is 0.501 e. The van der Waals surface area contributed by atoms with Crippen LogP contribution in [0.4, 0.5) is 0 Å². The summed E-state index contributed by atoms with van der Waals surface area (Å²) in [5.74, 6) is 0. The lowest BCUT2D eigenvalue weighted by Crippen LogP contribution is -1.84. The van der Waals surface area contributed by atoms with Gasteiger partial charge >= 0.3 is 0 Å². The molecule has 0 aliphatic heterocycles. The summed E-state index contributed by atoms with van der Waals surface area (Å²) < 4.78 is 4.90. The molecule has 0 bridgehead atoms. The molecule has 0 spiro atoms. The first kappa shape index (κ1) is 8.95. The van der Waals surface area contributed by atoms with E-state index in [-0.39, 0.29) is 0 Å². The second-order valence-electron chi connectivity index (χ2n) is 1.71. The zero-order valence-electron chi connectivity index (χ0n) is 6.42. The molecular formula is C8H13NO. The molecule has 0 aliphatic carbocycles. The molecule has 2 heteroatoms. The van der Waals surface area contributed by atoms with Crippen LogP contribution in [0.2, 0.25) is 0 Å². The van der Waals surface area contributed by atoms with Crippen LogP contribution in [0.25, 0.3) is 0 Å². The summed E-state index contributed by atoms with van der Waals surface area (Å²) in [4.78, 5) is 0. The highest BCUT2D eigenvalue weighted by molar-refractivity contribution is 6.01. The van der Waals surface area contributed by atoms with E-state index in [1.165, 1.54) is 6.26 Å². The van der Waals surface area contributed by atoms with Crippen molar-refractivity contribution in [3.63, 3.8) is 0 Å². The van der Waals surface area contributed by atoms with Gasteiger partial charge in [0.2, 0.25) is 0 Å². The monoisotopic (exact) mass is 139 g/mol. The zero-order valence-corrected chi connectivity index (χ0v) is 6.42. The van der Waals surface area contributed by atoms with E-state index in [1.807, 2.05) is 19.9 Å². The Hall–Kier alpha value is -1.05. The Labute approximate surface area is 61.7 Å². The van der Waals surface area contributed by atoms with Crippen molar-refractivity contribution >= 4 is 5.71 Å². The van der Waals surface area contributed by atoms with Crippen molar-refractivity contribution in [1.29, 1.82) is 5.41 Å². The normalized spacial score (nSPS) is 11.0. The number of rotatable bonds is 4. The predicted molar refractivity (Wildman–Crippen MR) is 43.3 cm³/mol. The number of hydrogen-bond donors (Lipinski definition) is 1. The first-order valence-corrected chi connectivity index (χ1v) is 3.30. The molecular weight excluding hydrogens is 126 g/mol. The highest BCUT2D eigenvalue weighted by Gasteiger charge is 1.78. The van der Waals surface area contributed by atoms with Gasteiger partial charge in [0.1, 0.15) is 0 Å². The van der Waals surface area contributed by atoms with Gasteiger partial charge in [-0.1, -0.05) is 6.08 Å². The maximum absolute atomic E-state index is 7.21. The quantitative estimate of drug-likeness (QED) is 0.469. The topological polar surface area (TPSA) is 33.1 Å². The minimum atomic E-state index is 0.455. The third-order valence-corrected chi connectivity index (χ3v) is 0.857. The Morgan fingerprint density at radius 1 is 1.50 bits per heavy atom. The molecule has 10 heavy (non-hydrogen) atoms. The minimum absolute atomic E-state index is 0.455. The fourth-order valence-corrected chi connectivity index (χ4v) is 0.453. The van der Waals surface area contributed by atoms with Crippen molar-refractivity contribution in [1.82, 2.24) is 0 Å². The SMILES string of the molecule is C/C=C\C(=N)/C=C/OCC. The molecule has 2 nitrogen and oxygen atoms in total. The molecule has 0 aromatic heterocycles. The highest BCUT2D eigenvalue weighted by Crippen LogP contribution is 1.82. The van der Waals surface area contributed by atoms with Crippen molar-refractivity contribution < 1.29 is 4.74 Å². The van der Waals surface area contributed by atoms with Gasteiger partial charge in [-0.2, -0.15) is 0 Å². The van der Waals surface area contributed by atoms with Gasteiger partial charge in [0.15, 0.2) is 0 Å². The fourth-order valence-electron chi connectivity index (χ4n) is 0.453. The van der Waals surface area contributed by atoms with Crippen molar-refractivity contribution in [3.05, 3.63) is 24.5 Å². The van der Waals surface area contributed by atoms with Crippen molar-refractivity contribution in [2.45, 2.75) is 13.8 Å².